The van der Waals surface area contributed by atoms with Gasteiger partial charge in [-0.25, -0.2) is 14.2 Å². The number of nitrogens with zero attached hydrogens (tertiary/aromatic N) is 6. The van der Waals surface area contributed by atoms with Gasteiger partial charge >= 0.3 is 6.09 Å². The second-order valence-electron chi connectivity index (χ2n) is 13.8. The molecule has 12 nitrogen and oxygen atoms in total. The quantitative estimate of drug-likeness (QED) is 0.439. The molecule has 0 unspecified atom stereocenters. The Labute approximate surface area is 275 Å². The van der Waals surface area contributed by atoms with Crippen molar-refractivity contribution in [3.05, 3.63) is 53.0 Å². The van der Waals surface area contributed by atoms with Crippen LogP contribution in [0.5, 0.6) is 5.88 Å². The van der Waals surface area contributed by atoms with Gasteiger partial charge in [0.1, 0.15) is 18.1 Å². The molecule has 5 heterocycles. The molecule has 3 saturated heterocycles. The number of fused-ring (bicyclic) bond motifs is 1. The molecule has 4 aliphatic rings. The Morgan fingerprint density at radius 2 is 1.66 bits per heavy atom. The van der Waals surface area contributed by atoms with Crippen molar-refractivity contribution in [3.8, 4) is 5.88 Å². The zero-order valence-corrected chi connectivity index (χ0v) is 27.7. The highest BCUT2D eigenvalue weighted by molar-refractivity contribution is 5.97. The van der Waals surface area contributed by atoms with E-state index < -0.39 is 6.09 Å². The Balaban J connectivity index is 1.27. The minimum absolute atomic E-state index is 0.0979. The van der Waals surface area contributed by atoms with Crippen molar-refractivity contribution in [2.75, 3.05) is 64.0 Å². The highest BCUT2D eigenvalue weighted by Gasteiger charge is 2.40. The zero-order chi connectivity index (χ0) is 33.4. The van der Waals surface area contributed by atoms with Crippen LogP contribution in [0.4, 0.5) is 14.9 Å². The van der Waals surface area contributed by atoms with Crippen LogP contribution in [-0.2, 0) is 22.5 Å². The molecule has 0 radical (unpaired) electrons. The van der Waals surface area contributed by atoms with Gasteiger partial charge in [-0.3, -0.25) is 19.5 Å². The van der Waals surface area contributed by atoms with Gasteiger partial charge in [-0.05, 0) is 63.4 Å². The number of hydrogen-bond donors (Lipinski definition) is 2. The number of carbonyl (C=O) groups is 2. The third-order valence-corrected chi connectivity index (χ3v) is 10.00. The van der Waals surface area contributed by atoms with E-state index in [4.69, 9.17) is 14.5 Å². The zero-order valence-electron chi connectivity index (χ0n) is 27.7. The Kier molecular flexibility index (Phi) is 10.00. The molecule has 4 aliphatic heterocycles. The van der Waals surface area contributed by atoms with Crippen LogP contribution in [0.1, 0.15) is 44.5 Å². The number of β-amino-alcohol motifs (C(OH)–C–C–N with tert-alkyl or cyclic N) is 1. The number of piperazine rings is 1. The maximum absolute atomic E-state index is 14.3. The number of anilines is 1. The number of aliphatic hydroxyl groups excluding tert-OH is 1. The molecule has 1 aromatic carbocycles. The molecule has 6 rings (SSSR count). The van der Waals surface area contributed by atoms with E-state index in [1.165, 1.54) is 17.0 Å². The lowest BCUT2D eigenvalue weighted by molar-refractivity contribution is -0.122. The Hall–Kier alpha value is -3.36. The monoisotopic (exact) mass is 654 g/mol. The lowest BCUT2D eigenvalue weighted by Gasteiger charge is -2.48. The van der Waals surface area contributed by atoms with Crippen molar-refractivity contribution in [3.63, 3.8) is 0 Å². The summed E-state index contributed by atoms with van der Waals surface area (Å²) in [6.45, 7) is 12.8. The molecular formula is C34H47FN6O6. The summed E-state index contributed by atoms with van der Waals surface area (Å²) in [6, 6.07) is 8.03. The number of aromatic nitrogens is 1. The Bertz CT molecular complexity index is 1430. The number of rotatable bonds is 8. The number of carbonyl (C=O) groups excluding carboxylic acids is 1. The van der Waals surface area contributed by atoms with E-state index in [1.807, 2.05) is 19.9 Å². The molecule has 0 bridgehead atoms. The molecule has 5 atom stereocenters. The first-order valence-electron chi connectivity index (χ1n) is 16.7. The van der Waals surface area contributed by atoms with Gasteiger partial charge in [0.15, 0.2) is 0 Å². The van der Waals surface area contributed by atoms with Crippen LogP contribution >= 0.6 is 0 Å². The lowest BCUT2D eigenvalue weighted by Crippen LogP contribution is -2.65. The van der Waals surface area contributed by atoms with Crippen LogP contribution in [0.3, 0.4) is 0 Å². The summed E-state index contributed by atoms with van der Waals surface area (Å²) in [7, 11) is 0. The molecule has 1 aromatic heterocycles. The van der Waals surface area contributed by atoms with Gasteiger partial charge < -0.3 is 29.5 Å². The van der Waals surface area contributed by atoms with Crippen LogP contribution in [-0.4, -0.2) is 142 Å². The third kappa shape index (κ3) is 7.39. The highest BCUT2D eigenvalue weighted by atomic mass is 19.1. The number of likely N-dealkylation sites (tertiary alicyclic amines) is 1. The Morgan fingerprint density at radius 1 is 0.957 bits per heavy atom. The van der Waals surface area contributed by atoms with Crippen LogP contribution in [0.15, 0.2) is 30.3 Å². The molecular weight excluding hydrogens is 607 g/mol. The minimum atomic E-state index is -0.949. The van der Waals surface area contributed by atoms with Gasteiger partial charge in [0, 0.05) is 63.4 Å². The lowest BCUT2D eigenvalue weighted by atomic mass is 10.0. The molecule has 0 aliphatic carbocycles. The number of aliphatic hydroxyl groups is 1. The summed E-state index contributed by atoms with van der Waals surface area (Å²) < 4.78 is 25.5. The minimum Gasteiger partial charge on any atom is -0.474 e. The molecule has 47 heavy (non-hydrogen) atoms. The average molecular weight is 655 g/mol. The van der Waals surface area contributed by atoms with Gasteiger partial charge in [-0.15, -0.1) is 0 Å². The smallest absolute Gasteiger partial charge is 0.407 e. The van der Waals surface area contributed by atoms with E-state index in [-0.39, 0.29) is 54.6 Å². The fourth-order valence-corrected chi connectivity index (χ4v) is 7.36. The number of halogens is 1. The number of benzene rings is 1. The normalized spacial score (nSPS) is 27.7. The maximum atomic E-state index is 14.3. The largest absolute Gasteiger partial charge is 0.474 e. The number of hydrogen-bond acceptors (Lipinski definition) is 9. The topological polar surface area (TPSA) is 122 Å². The molecule has 2 amide bonds. The number of carboxylic acid groups (broad SMARTS) is 1. The van der Waals surface area contributed by atoms with E-state index in [0.29, 0.717) is 77.1 Å². The van der Waals surface area contributed by atoms with Crippen LogP contribution in [0.25, 0.3) is 0 Å². The van der Waals surface area contributed by atoms with Crippen LogP contribution < -0.4 is 9.64 Å². The molecule has 2 N–H and O–H groups in total. The standard InChI is InChI=1S/C34H47FN6O6/c1-21-11-38(28(13-40(21)34(44)45)12-39-22(2)18-46-19-23(39)3)17-32(43)41-24(4)20-47-33-31(41)10-26(9-25-5-7-27(35)8-6-25)30(36-33)16-37-14-29(42)15-37/h5-8,10,21-24,28-29,42H,9,11-20H2,1-4H3,(H,44,45)/t21-,22-,23-,24+,28+/m1/s1. The molecule has 256 valence electrons. The van der Waals surface area contributed by atoms with Gasteiger partial charge in [-0.2, -0.15) is 0 Å². The van der Waals surface area contributed by atoms with E-state index >= 15 is 0 Å². The van der Waals surface area contributed by atoms with Crippen molar-refractivity contribution < 1.29 is 33.7 Å². The van der Waals surface area contributed by atoms with E-state index in [0.717, 1.165) is 16.8 Å². The van der Waals surface area contributed by atoms with E-state index in [9.17, 15) is 24.2 Å². The fourth-order valence-electron chi connectivity index (χ4n) is 7.36. The summed E-state index contributed by atoms with van der Waals surface area (Å²) in [4.78, 5) is 41.3. The van der Waals surface area contributed by atoms with Gasteiger partial charge in [0.2, 0.25) is 11.8 Å². The summed E-state index contributed by atoms with van der Waals surface area (Å²) >= 11 is 0. The fraction of sp³-hybridized carbons (Fsp3) is 0.618. The molecule has 2 aromatic rings. The van der Waals surface area contributed by atoms with Crippen molar-refractivity contribution in [2.24, 2.45) is 0 Å². The molecule has 13 heteroatoms. The molecule has 0 saturated carbocycles. The first kappa shape index (κ1) is 33.5. The van der Waals surface area contributed by atoms with Crippen molar-refractivity contribution in [1.82, 2.24) is 24.6 Å². The third-order valence-electron chi connectivity index (χ3n) is 10.00. The molecule has 3 fully saturated rings. The number of pyridine rings is 1. The summed E-state index contributed by atoms with van der Waals surface area (Å²) in [5.74, 6) is -0.00773. The Morgan fingerprint density at radius 3 is 2.32 bits per heavy atom. The predicted octanol–water partition coefficient (Wildman–Crippen LogP) is 2.26. The predicted molar refractivity (Wildman–Crippen MR) is 173 cm³/mol. The van der Waals surface area contributed by atoms with Crippen molar-refractivity contribution in [1.29, 1.82) is 0 Å². The van der Waals surface area contributed by atoms with Crippen LogP contribution in [0.2, 0.25) is 0 Å². The van der Waals surface area contributed by atoms with E-state index in [2.05, 4.69) is 28.5 Å². The summed E-state index contributed by atoms with van der Waals surface area (Å²) in [5, 5.41) is 19.8. The number of amides is 2. The number of morpholine rings is 1. The average Bonchev–Trinajstić information content (AvgIpc) is 3.00. The molecule has 0 spiro atoms. The van der Waals surface area contributed by atoms with Crippen LogP contribution in [0, 0.1) is 5.82 Å². The maximum Gasteiger partial charge on any atom is 0.407 e. The van der Waals surface area contributed by atoms with Gasteiger partial charge in [-0.1, -0.05) is 12.1 Å². The first-order valence-corrected chi connectivity index (χ1v) is 16.7. The second kappa shape index (κ2) is 14.0. The summed E-state index contributed by atoms with van der Waals surface area (Å²) in [5.41, 5.74) is 3.22. The van der Waals surface area contributed by atoms with Crippen molar-refractivity contribution >= 4 is 17.7 Å². The first-order chi connectivity index (χ1) is 22.5. The van der Waals surface area contributed by atoms with Gasteiger partial charge in [0.25, 0.3) is 0 Å². The number of ether oxygens (including phenoxy) is 2. The van der Waals surface area contributed by atoms with Crippen molar-refractivity contribution in [2.45, 2.75) is 77.0 Å². The van der Waals surface area contributed by atoms with Gasteiger partial charge in [0.05, 0.1) is 37.6 Å². The second-order valence-corrected chi connectivity index (χ2v) is 13.8. The van der Waals surface area contributed by atoms with E-state index in [1.54, 1.807) is 17.0 Å². The highest BCUT2D eigenvalue weighted by Crippen LogP contribution is 2.36. The SMILES string of the molecule is C[C@@H]1CN(CC(=O)N2c3cc(Cc4ccc(F)cc4)c(CN4CC(O)C4)nc3OC[C@@H]2C)[C@@H](CN2[C@H](C)COC[C@H]2C)CN1C(=O)O. The summed E-state index contributed by atoms with van der Waals surface area (Å²) in [6.07, 6.45) is -0.803.